The number of carbonyl (C=O) groups is 3. The zero-order valence-electron chi connectivity index (χ0n) is 15.0. The Hall–Kier alpha value is -3.12. The number of hydrogen-bond acceptors (Lipinski definition) is 5. The van der Waals surface area contributed by atoms with E-state index in [1.165, 1.54) is 19.2 Å². The van der Waals surface area contributed by atoms with Crippen molar-refractivity contribution in [1.82, 2.24) is 0 Å². The molecule has 3 rings (SSSR count). The lowest BCUT2D eigenvalue weighted by molar-refractivity contribution is -0.120. The van der Waals surface area contributed by atoms with Gasteiger partial charge in [-0.2, -0.15) is 0 Å². The summed E-state index contributed by atoms with van der Waals surface area (Å²) >= 11 is 6.16. The molecule has 0 unspecified atom stereocenters. The SMILES string of the molecule is COC(=O)c1ccccc1N1C(=O)C(Cl)=C(Nc2cccc(C)c2C)C1=O. The Balaban J connectivity index is 2.00. The maximum absolute atomic E-state index is 12.9. The Bertz CT molecular complexity index is 997. The molecule has 0 aliphatic carbocycles. The number of para-hydroxylation sites is 1. The Morgan fingerprint density at radius 2 is 1.74 bits per heavy atom. The Morgan fingerprint density at radius 3 is 2.44 bits per heavy atom. The molecule has 1 N–H and O–H groups in total. The molecule has 2 aromatic rings. The maximum Gasteiger partial charge on any atom is 0.339 e. The summed E-state index contributed by atoms with van der Waals surface area (Å²) in [5.41, 5.74) is 2.82. The number of anilines is 2. The van der Waals surface area contributed by atoms with Crippen LogP contribution in [0.15, 0.2) is 53.2 Å². The highest BCUT2D eigenvalue weighted by Crippen LogP contribution is 2.33. The van der Waals surface area contributed by atoms with Crippen LogP contribution >= 0.6 is 11.6 Å². The monoisotopic (exact) mass is 384 g/mol. The van der Waals surface area contributed by atoms with E-state index in [1.54, 1.807) is 18.2 Å². The van der Waals surface area contributed by atoms with Crippen LogP contribution < -0.4 is 10.2 Å². The molecule has 0 saturated heterocycles. The van der Waals surface area contributed by atoms with E-state index in [2.05, 4.69) is 5.32 Å². The molecule has 0 saturated carbocycles. The van der Waals surface area contributed by atoms with Crippen molar-refractivity contribution < 1.29 is 19.1 Å². The molecule has 27 heavy (non-hydrogen) atoms. The number of aryl methyl sites for hydroxylation is 1. The van der Waals surface area contributed by atoms with Crippen molar-refractivity contribution in [3.8, 4) is 0 Å². The highest BCUT2D eigenvalue weighted by molar-refractivity contribution is 6.53. The number of amides is 2. The van der Waals surface area contributed by atoms with E-state index in [0.29, 0.717) is 5.69 Å². The summed E-state index contributed by atoms with van der Waals surface area (Å²) in [6.45, 7) is 3.84. The fourth-order valence-corrected chi connectivity index (χ4v) is 3.02. The number of ether oxygens (including phenoxy) is 1. The minimum Gasteiger partial charge on any atom is -0.465 e. The molecular weight excluding hydrogens is 368 g/mol. The number of halogens is 1. The number of nitrogens with one attached hydrogen (secondary N) is 1. The quantitative estimate of drug-likeness (QED) is 0.644. The summed E-state index contributed by atoms with van der Waals surface area (Å²) in [6, 6.07) is 11.8. The van der Waals surface area contributed by atoms with Gasteiger partial charge in [0.15, 0.2) is 0 Å². The third kappa shape index (κ3) is 3.19. The lowest BCUT2D eigenvalue weighted by Gasteiger charge is -2.18. The van der Waals surface area contributed by atoms with Crippen LogP contribution in [-0.4, -0.2) is 24.9 Å². The van der Waals surface area contributed by atoms with Gasteiger partial charge in [0.25, 0.3) is 11.8 Å². The average molecular weight is 385 g/mol. The van der Waals surface area contributed by atoms with E-state index in [-0.39, 0.29) is 22.0 Å². The molecule has 1 heterocycles. The molecule has 0 radical (unpaired) electrons. The van der Waals surface area contributed by atoms with Gasteiger partial charge in [-0.1, -0.05) is 35.9 Å². The minimum atomic E-state index is -0.703. The number of hydrogen-bond donors (Lipinski definition) is 1. The number of benzene rings is 2. The molecule has 0 atom stereocenters. The second-order valence-electron chi connectivity index (χ2n) is 6.02. The topological polar surface area (TPSA) is 75.7 Å². The van der Waals surface area contributed by atoms with Gasteiger partial charge in [0, 0.05) is 5.69 Å². The predicted octanol–water partition coefficient (Wildman–Crippen LogP) is 3.53. The van der Waals surface area contributed by atoms with E-state index in [9.17, 15) is 14.4 Å². The summed E-state index contributed by atoms with van der Waals surface area (Å²) in [6.07, 6.45) is 0. The highest BCUT2D eigenvalue weighted by atomic mass is 35.5. The van der Waals surface area contributed by atoms with Crippen molar-refractivity contribution >= 4 is 40.8 Å². The zero-order chi connectivity index (χ0) is 19.7. The number of carbonyl (C=O) groups excluding carboxylic acids is 3. The summed E-state index contributed by atoms with van der Waals surface area (Å²) < 4.78 is 4.73. The lowest BCUT2D eigenvalue weighted by Crippen LogP contribution is -2.33. The predicted molar refractivity (Wildman–Crippen MR) is 103 cm³/mol. The third-order valence-corrected chi connectivity index (χ3v) is 4.79. The Labute approximate surface area is 161 Å². The van der Waals surface area contributed by atoms with Crippen molar-refractivity contribution in [2.45, 2.75) is 13.8 Å². The normalized spacial score (nSPS) is 14.0. The number of imide groups is 1. The smallest absolute Gasteiger partial charge is 0.339 e. The first-order valence-corrected chi connectivity index (χ1v) is 8.53. The van der Waals surface area contributed by atoms with Crippen LogP contribution in [0, 0.1) is 13.8 Å². The average Bonchev–Trinajstić information content (AvgIpc) is 2.88. The number of rotatable bonds is 4. The minimum absolute atomic E-state index is 0.0324. The van der Waals surface area contributed by atoms with E-state index >= 15 is 0 Å². The van der Waals surface area contributed by atoms with Gasteiger partial charge in [0.2, 0.25) is 0 Å². The van der Waals surface area contributed by atoms with Crippen molar-refractivity contribution in [3.63, 3.8) is 0 Å². The lowest BCUT2D eigenvalue weighted by atomic mass is 10.1. The number of methoxy groups -OCH3 is 1. The first-order valence-electron chi connectivity index (χ1n) is 8.16. The first-order chi connectivity index (χ1) is 12.9. The molecule has 2 amide bonds. The molecule has 7 heteroatoms. The van der Waals surface area contributed by atoms with E-state index in [1.807, 2.05) is 26.0 Å². The zero-order valence-corrected chi connectivity index (χ0v) is 15.8. The third-order valence-electron chi connectivity index (χ3n) is 4.44. The molecule has 1 aliphatic heterocycles. The van der Waals surface area contributed by atoms with Crippen molar-refractivity contribution in [2.75, 3.05) is 17.3 Å². The van der Waals surface area contributed by atoms with Crippen LogP contribution in [0.1, 0.15) is 21.5 Å². The highest BCUT2D eigenvalue weighted by Gasteiger charge is 2.40. The van der Waals surface area contributed by atoms with Crippen molar-refractivity contribution in [2.24, 2.45) is 0 Å². The molecule has 138 valence electrons. The fraction of sp³-hybridized carbons (Fsp3) is 0.150. The molecule has 2 aromatic carbocycles. The molecular formula is C20H17ClN2O4. The van der Waals surface area contributed by atoms with Crippen LogP contribution in [0.3, 0.4) is 0 Å². The van der Waals surface area contributed by atoms with Crippen LogP contribution in [-0.2, 0) is 14.3 Å². The molecule has 0 fully saturated rings. The van der Waals surface area contributed by atoms with Gasteiger partial charge in [-0.15, -0.1) is 0 Å². The van der Waals surface area contributed by atoms with Crippen LogP contribution in [0.25, 0.3) is 0 Å². The number of nitrogens with zero attached hydrogens (tertiary/aromatic N) is 1. The van der Waals surface area contributed by atoms with Crippen molar-refractivity contribution in [3.05, 3.63) is 69.9 Å². The second kappa shape index (κ2) is 7.25. The van der Waals surface area contributed by atoms with Crippen LogP contribution in [0.5, 0.6) is 0 Å². The van der Waals surface area contributed by atoms with Gasteiger partial charge < -0.3 is 10.1 Å². The molecule has 0 bridgehead atoms. The van der Waals surface area contributed by atoms with Gasteiger partial charge in [-0.25, -0.2) is 9.69 Å². The second-order valence-corrected chi connectivity index (χ2v) is 6.39. The van der Waals surface area contributed by atoms with Gasteiger partial charge >= 0.3 is 5.97 Å². The van der Waals surface area contributed by atoms with E-state index in [0.717, 1.165) is 16.0 Å². The summed E-state index contributed by atoms with van der Waals surface area (Å²) in [7, 11) is 1.23. The standard InChI is InChI=1S/C20H17ClN2O4/c1-11-7-6-9-14(12(11)2)22-17-16(21)18(24)23(19(17)25)15-10-5-4-8-13(15)20(26)27-3/h4-10,22H,1-3H3. The Morgan fingerprint density at radius 1 is 1.04 bits per heavy atom. The molecule has 0 spiro atoms. The van der Waals surface area contributed by atoms with Crippen molar-refractivity contribution in [1.29, 1.82) is 0 Å². The summed E-state index contributed by atoms with van der Waals surface area (Å²) in [4.78, 5) is 38.5. The van der Waals surface area contributed by atoms with Crippen LogP contribution in [0.2, 0.25) is 0 Å². The number of esters is 1. The summed E-state index contributed by atoms with van der Waals surface area (Å²) in [5.74, 6) is -1.99. The van der Waals surface area contributed by atoms with E-state index in [4.69, 9.17) is 16.3 Å². The largest absolute Gasteiger partial charge is 0.465 e. The first kappa shape index (κ1) is 18.7. The van der Waals surface area contributed by atoms with E-state index < -0.39 is 17.8 Å². The van der Waals surface area contributed by atoms with Gasteiger partial charge in [-0.05, 0) is 43.2 Å². The van der Waals surface area contributed by atoms with Gasteiger partial charge in [0.1, 0.15) is 10.7 Å². The molecule has 1 aliphatic rings. The summed E-state index contributed by atoms with van der Waals surface area (Å²) in [5, 5.41) is 2.73. The van der Waals surface area contributed by atoms with Gasteiger partial charge in [0.05, 0.1) is 18.4 Å². The van der Waals surface area contributed by atoms with Gasteiger partial charge in [-0.3, -0.25) is 9.59 Å². The molecule has 6 nitrogen and oxygen atoms in total. The maximum atomic E-state index is 12.9. The fourth-order valence-electron chi connectivity index (χ4n) is 2.80. The van der Waals surface area contributed by atoms with Crippen LogP contribution in [0.4, 0.5) is 11.4 Å². The molecule has 0 aromatic heterocycles. The Kier molecular flexibility index (Phi) is 5.01.